The van der Waals surface area contributed by atoms with Crippen LogP contribution in [0.25, 0.3) is 0 Å². The summed E-state index contributed by atoms with van der Waals surface area (Å²) in [5, 5.41) is 0.556. The van der Waals surface area contributed by atoms with Crippen LogP contribution in [0.4, 0.5) is 0 Å². The van der Waals surface area contributed by atoms with Gasteiger partial charge in [-0.25, -0.2) is 0 Å². The van der Waals surface area contributed by atoms with Gasteiger partial charge in [-0.2, -0.15) is 0 Å². The third-order valence-electron chi connectivity index (χ3n) is 1.17. The Balaban J connectivity index is 0.000000176. The summed E-state index contributed by atoms with van der Waals surface area (Å²) in [4.78, 5) is 0. The molecule has 1 aromatic carbocycles. The van der Waals surface area contributed by atoms with Crippen LogP contribution in [-0.2, 0) is 0 Å². The zero-order valence-corrected chi connectivity index (χ0v) is 7.74. The summed E-state index contributed by atoms with van der Waals surface area (Å²) in [6, 6.07) is 12.0. The van der Waals surface area contributed by atoms with Crippen molar-refractivity contribution in [3.63, 3.8) is 0 Å². The van der Waals surface area contributed by atoms with Gasteiger partial charge in [-0.05, 0) is 12.8 Å². The molecule has 2 rings (SSSR count). The minimum atomic E-state index is 0.556. The third kappa shape index (κ3) is 9.07. The highest BCUT2D eigenvalue weighted by Crippen LogP contribution is 2.25. The molecule has 0 spiro atoms. The van der Waals surface area contributed by atoms with Gasteiger partial charge in [-0.15, -0.1) is 24.4 Å². The quantitative estimate of drug-likeness (QED) is 0.425. The van der Waals surface area contributed by atoms with Crippen molar-refractivity contribution in [2.24, 2.45) is 0 Å². The number of hydrogen-bond acceptors (Lipinski definition) is 0. The Kier molecular flexibility index (Phi) is 7.54. The molecule has 0 bridgehead atoms. The van der Waals surface area contributed by atoms with E-state index in [0.717, 1.165) is 0 Å². The number of benzene rings is 1. The molecular formula is C11H13Cl. The maximum absolute atomic E-state index is 5.39. The van der Waals surface area contributed by atoms with E-state index in [9.17, 15) is 0 Å². The zero-order chi connectivity index (χ0) is 9.23. The van der Waals surface area contributed by atoms with Gasteiger partial charge in [-0.3, -0.25) is 0 Å². The molecule has 0 aromatic heterocycles. The highest BCUT2D eigenvalue weighted by atomic mass is 35.5. The average molecular weight is 181 g/mol. The van der Waals surface area contributed by atoms with E-state index in [4.69, 9.17) is 11.6 Å². The van der Waals surface area contributed by atoms with Crippen molar-refractivity contribution >= 4 is 11.6 Å². The maximum Gasteiger partial charge on any atom is 0.0337 e. The van der Waals surface area contributed by atoms with Crippen LogP contribution in [0.5, 0.6) is 0 Å². The topological polar surface area (TPSA) is 0 Å². The van der Waals surface area contributed by atoms with Crippen molar-refractivity contribution in [1.82, 2.24) is 0 Å². The molecule has 0 N–H and O–H groups in total. The van der Waals surface area contributed by atoms with Crippen LogP contribution in [0.2, 0.25) is 0 Å². The fourth-order valence-corrected chi connectivity index (χ4v) is 0.574. The van der Waals surface area contributed by atoms with E-state index >= 15 is 0 Å². The first-order valence-electron chi connectivity index (χ1n) is 3.87. The first-order valence-corrected chi connectivity index (χ1v) is 4.30. The summed E-state index contributed by atoms with van der Waals surface area (Å²) >= 11 is 5.39. The van der Waals surface area contributed by atoms with Crippen LogP contribution in [0.3, 0.4) is 0 Å². The highest BCUT2D eigenvalue weighted by molar-refractivity contribution is 6.22. The molecule has 1 saturated carbocycles. The van der Waals surface area contributed by atoms with Crippen LogP contribution < -0.4 is 0 Å². The molecule has 1 heteroatoms. The van der Waals surface area contributed by atoms with Gasteiger partial charge in [0.1, 0.15) is 0 Å². The average Bonchev–Trinajstić information content (AvgIpc) is 2.95. The Labute approximate surface area is 79.6 Å². The SMILES string of the molecule is C#C.ClC1CC1.c1ccccc1. The lowest BCUT2D eigenvalue weighted by Gasteiger charge is -1.69. The van der Waals surface area contributed by atoms with Crippen molar-refractivity contribution in [3.05, 3.63) is 36.4 Å². The summed E-state index contributed by atoms with van der Waals surface area (Å²) in [6.45, 7) is 0. The standard InChI is InChI=1S/C6H6.C3H5Cl.C2H2/c1-2-4-6-5-3-1;4-3-1-2-3;1-2/h1-6H;3H,1-2H2;1-2H. The van der Waals surface area contributed by atoms with Crippen molar-refractivity contribution < 1.29 is 0 Å². The first-order chi connectivity index (χ1) is 5.89. The molecule has 1 aliphatic rings. The molecule has 1 fully saturated rings. The van der Waals surface area contributed by atoms with Gasteiger partial charge in [0.2, 0.25) is 0 Å². The maximum atomic E-state index is 5.39. The van der Waals surface area contributed by atoms with Crippen molar-refractivity contribution in [1.29, 1.82) is 0 Å². The number of hydrogen-bond donors (Lipinski definition) is 0. The lowest BCUT2D eigenvalue weighted by atomic mass is 10.4. The lowest BCUT2D eigenvalue weighted by molar-refractivity contribution is 1.50. The molecule has 0 amide bonds. The second kappa shape index (κ2) is 8.17. The second-order valence-corrected chi connectivity index (χ2v) is 2.95. The Bertz CT molecular complexity index is 160. The molecule has 0 aliphatic heterocycles. The summed E-state index contributed by atoms with van der Waals surface area (Å²) < 4.78 is 0. The number of terminal acetylenes is 1. The molecule has 0 nitrogen and oxygen atoms in total. The lowest BCUT2D eigenvalue weighted by Crippen LogP contribution is -1.47. The molecule has 0 atom stereocenters. The molecule has 0 radical (unpaired) electrons. The normalized spacial score (nSPS) is 12.9. The van der Waals surface area contributed by atoms with Gasteiger partial charge in [0.25, 0.3) is 0 Å². The smallest absolute Gasteiger partial charge is 0.0337 e. The predicted molar refractivity (Wildman–Crippen MR) is 55.2 cm³/mol. The molecule has 1 aliphatic carbocycles. The van der Waals surface area contributed by atoms with Gasteiger partial charge in [0, 0.05) is 5.38 Å². The van der Waals surface area contributed by atoms with E-state index in [1.807, 2.05) is 36.4 Å². The van der Waals surface area contributed by atoms with Crippen LogP contribution in [0.1, 0.15) is 12.8 Å². The summed E-state index contributed by atoms with van der Waals surface area (Å²) in [6.07, 6.45) is 10.5. The van der Waals surface area contributed by atoms with Gasteiger partial charge in [0.15, 0.2) is 0 Å². The van der Waals surface area contributed by atoms with E-state index < -0.39 is 0 Å². The van der Waals surface area contributed by atoms with Crippen LogP contribution in [-0.4, -0.2) is 5.38 Å². The molecule has 12 heavy (non-hydrogen) atoms. The van der Waals surface area contributed by atoms with Gasteiger partial charge in [-0.1, -0.05) is 36.4 Å². The number of halogens is 1. The molecule has 0 heterocycles. The Morgan fingerprint density at radius 1 is 0.833 bits per heavy atom. The van der Waals surface area contributed by atoms with E-state index in [-0.39, 0.29) is 0 Å². The zero-order valence-electron chi connectivity index (χ0n) is 6.99. The summed E-state index contributed by atoms with van der Waals surface area (Å²) in [7, 11) is 0. The molecule has 0 unspecified atom stereocenters. The third-order valence-corrected chi connectivity index (χ3v) is 1.61. The van der Waals surface area contributed by atoms with Crippen molar-refractivity contribution in [2.75, 3.05) is 0 Å². The summed E-state index contributed by atoms with van der Waals surface area (Å²) in [5.74, 6) is 0. The predicted octanol–water partition coefficient (Wildman–Crippen LogP) is 3.32. The fourth-order valence-electron chi connectivity index (χ4n) is 0.448. The highest BCUT2D eigenvalue weighted by Gasteiger charge is 2.15. The minimum absolute atomic E-state index is 0.556. The molecule has 64 valence electrons. The fraction of sp³-hybridized carbons (Fsp3) is 0.273. The van der Waals surface area contributed by atoms with Crippen LogP contribution in [0, 0.1) is 12.8 Å². The van der Waals surface area contributed by atoms with Crippen LogP contribution >= 0.6 is 11.6 Å². The van der Waals surface area contributed by atoms with E-state index in [0.29, 0.717) is 5.38 Å². The van der Waals surface area contributed by atoms with Gasteiger partial charge in [0.05, 0.1) is 0 Å². The van der Waals surface area contributed by atoms with Crippen molar-refractivity contribution in [2.45, 2.75) is 18.2 Å². The number of alkyl halides is 1. The van der Waals surface area contributed by atoms with Gasteiger partial charge >= 0.3 is 0 Å². The second-order valence-electron chi connectivity index (χ2n) is 2.33. The van der Waals surface area contributed by atoms with Crippen molar-refractivity contribution in [3.8, 4) is 12.8 Å². The van der Waals surface area contributed by atoms with Crippen LogP contribution in [0.15, 0.2) is 36.4 Å². The monoisotopic (exact) mass is 180 g/mol. The minimum Gasteiger partial charge on any atom is -0.124 e. The Hall–Kier alpha value is -0.930. The summed E-state index contributed by atoms with van der Waals surface area (Å²) in [5.41, 5.74) is 0. The van der Waals surface area contributed by atoms with E-state index in [2.05, 4.69) is 12.8 Å². The molecular weight excluding hydrogens is 168 g/mol. The number of rotatable bonds is 0. The molecule has 0 saturated heterocycles. The van der Waals surface area contributed by atoms with Gasteiger partial charge < -0.3 is 0 Å². The Morgan fingerprint density at radius 3 is 1.08 bits per heavy atom. The van der Waals surface area contributed by atoms with E-state index in [1.165, 1.54) is 12.8 Å². The van der Waals surface area contributed by atoms with E-state index in [1.54, 1.807) is 0 Å². The molecule has 1 aromatic rings. The first kappa shape index (κ1) is 11.1. The Morgan fingerprint density at radius 2 is 1.00 bits per heavy atom. The largest absolute Gasteiger partial charge is 0.124 e.